The number of primary amides is 2. The van der Waals surface area contributed by atoms with Gasteiger partial charge in [-0.1, -0.05) is 0 Å². The predicted molar refractivity (Wildman–Crippen MR) is 69.5 cm³/mol. The summed E-state index contributed by atoms with van der Waals surface area (Å²) in [6.45, 7) is 3.29. The number of nitrogens with two attached hydrogens (primary N) is 2. The van der Waals surface area contributed by atoms with E-state index in [0.29, 0.717) is 0 Å². The Kier molecular flexibility index (Phi) is 5.95. The van der Waals surface area contributed by atoms with Crippen LogP contribution in [0.4, 0.5) is 4.79 Å². The van der Waals surface area contributed by atoms with Gasteiger partial charge in [-0.05, 0) is 20.8 Å². The minimum atomic E-state index is -1.50. The molecule has 0 aromatic carbocycles. The Bertz CT molecular complexity index is 405. The van der Waals surface area contributed by atoms with Crippen molar-refractivity contribution in [3.63, 3.8) is 0 Å². The first-order valence-electron chi connectivity index (χ1n) is 5.90. The molecule has 0 atom stereocenters. The number of carbonyl (C=O) groups is 4. The largest absolute Gasteiger partial charge is 0.480 e. The lowest BCUT2D eigenvalue weighted by Crippen LogP contribution is -2.58. The summed E-state index contributed by atoms with van der Waals surface area (Å²) >= 11 is 0. The summed E-state index contributed by atoms with van der Waals surface area (Å²) in [5, 5.41) is 9.14. The third kappa shape index (κ3) is 4.41. The van der Waals surface area contributed by atoms with Crippen molar-refractivity contribution in [3.8, 4) is 0 Å². The molecule has 0 radical (unpaired) electrons. The van der Waals surface area contributed by atoms with Crippen LogP contribution in [-0.4, -0.2) is 63.9 Å². The fourth-order valence-corrected chi connectivity index (χ4v) is 1.62. The lowest BCUT2D eigenvalue weighted by atomic mass is 10.0. The first-order valence-corrected chi connectivity index (χ1v) is 5.90. The number of hydrogen-bond donors (Lipinski definition) is 3. The van der Waals surface area contributed by atoms with Gasteiger partial charge < -0.3 is 26.4 Å². The zero-order chi connectivity index (χ0) is 16.1. The molecule has 0 rings (SSSR count). The fourth-order valence-electron chi connectivity index (χ4n) is 1.62. The summed E-state index contributed by atoms with van der Waals surface area (Å²) in [6, 6.07) is -0.794. The van der Waals surface area contributed by atoms with E-state index in [-0.39, 0.29) is 6.54 Å². The number of nitrogens with zero attached hydrogens (tertiary/aromatic N) is 2. The number of carboxylic acid groups (broad SMARTS) is 1. The number of carboxylic acids is 1. The van der Waals surface area contributed by atoms with E-state index in [0.717, 1.165) is 9.80 Å². The van der Waals surface area contributed by atoms with Crippen LogP contribution < -0.4 is 11.5 Å². The summed E-state index contributed by atoms with van der Waals surface area (Å²) in [7, 11) is 0. The lowest BCUT2D eigenvalue weighted by Gasteiger charge is -2.37. The van der Waals surface area contributed by atoms with Gasteiger partial charge in [0, 0.05) is 6.54 Å². The van der Waals surface area contributed by atoms with Crippen molar-refractivity contribution in [2.24, 2.45) is 11.5 Å². The number of aliphatic carboxylic acids is 1. The van der Waals surface area contributed by atoms with Crippen LogP contribution in [0.2, 0.25) is 0 Å². The molecule has 0 saturated carbocycles. The molecule has 114 valence electrons. The molecule has 5 N–H and O–H groups in total. The molecule has 0 unspecified atom stereocenters. The van der Waals surface area contributed by atoms with Crippen LogP contribution in [-0.2, 0) is 14.4 Å². The van der Waals surface area contributed by atoms with Crippen molar-refractivity contribution in [2.45, 2.75) is 26.3 Å². The molecule has 0 aliphatic rings. The smallest absolute Gasteiger partial charge is 0.329 e. The van der Waals surface area contributed by atoms with Crippen molar-refractivity contribution in [3.05, 3.63) is 0 Å². The van der Waals surface area contributed by atoms with Gasteiger partial charge in [0.2, 0.25) is 11.8 Å². The quantitative estimate of drug-likeness (QED) is 0.525. The standard InChI is InChI=1S/C11H20N4O5/c1-4-15(11(2,3)9(18)19)10(20)14(5-7(12)16)6-8(13)17/h4-6H2,1-3H3,(H2,12,16)(H2,13,17)(H,18,19). The molecule has 0 aromatic heterocycles. The molecule has 0 aliphatic carbocycles. The highest BCUT2D eigenvalue weighted by Crippen LogP contribution is 2.16. The van der Waals surface area contributed by atoms with Crippen molar-refractivity contribution in [1.82, 2.24) is 9.80 Å². The van der Waals surface area contributed by atoms with Gasteiger partial charge in [-0.2, -0.15) is 0 Å². The summed E-state index contributed by atoms with van der Waals surface area (Å²) in [4.78, 5) is 47.2. The number of amides is 4. The van der Waals surface area contributed by atoms with Crippen LogP contribution in [0.3, 0.4) is 0 Å². The second-order valence-corrected chi connectivity index (χ2v) is 4.68. The minimum Gasteiger partial charge on any atom is -0.480 e. The number of carbonyl (C=O) groups excluding carboxylic acids is 3. The van der Waals surface area contributed by atoms with Gasteiger partial charge in [0.15, 0.2) is 0 Å². The van der Waals surface area contributed by atoms with Crippen molar-refractivity contribution >= 4 is 23.8 Å². The van der Waals surface area contributed by atoms with Crippen molar-refractivity contribution < 1.29 is 24.3 Å². The van der Waals surface area contributed by atoms with Crippen molar-refractivity contribution in [1.29, 1.82) is 0 Å². The topological polar surface area (TPSA) is 147 Å². The molecule has 0 bridgehead atoms. The Labute approximate surface area is 116 Å². The molecule has 0 heterocycles. The van der Waals surface area contributed by atoms with Crippen LogP contribution in [0.25, 0.3) is 0 Å². The average Bonchev–Trinajstić information content (AvgIpc) is 2.26. The fraction of sp³-hybridized carbons (Fsp3) is 0.636. The highest BCUT2D eigenvalue weighted by Gasteiger charge is 2.39. The normalized spacial score (nSPS) is 10.8. The van der Waals surface area contributed by atoms with Crippen LogP contribution in [0, 0.1) is 0 Å². The lowest BCUT2D eigenvalue weighted by molar-refractivity contribution is -0.147. The zero-order valence-electron chi connectivity index (χ0n) is 11.8. The molecule has 0 aliphatic heterocycles. The monoisotopic (exact) mass is 288 g/mol. The minimum absolute atomic E-state index is 0.0756. The van der Waals surface area contributed by atoms with Gasteiger partial charge in [0.1, 0.15) is 18.6 Å². The Morgan fingerprint density at radius 3 is 1.70 bits per heavy atom. The molecule has 20 heavy (non-hydrogen) atoms. The van der Waals surface area contributed by atoms with E-state index in [9.17, 15) is 19.2 Å². The summed E-state index contributed by atoms with van der Waals surface area (Å²) in [5.74, 6) is -2.88. The molecular weight excluding hydrogens is 268 g/mol. The van der Waals surface area contributed by atoms with Gasteiger partial charge in [-0.15, -0.1) is 0 Å². The van der Waals surface area contributed by atoms with Crippen LogP contribution in [0.15, 0.2) is 0 Å². The third-order valence-corrected chi connectivity index (χ3v) is 2.71. The maximum atomic E-state index is 12.3. The molecule has 0 fully saturated rings. The summed E-state index contributed by atoms with van der Waals surface area (Å²) in [5.41, 5.74) is 8.49. The Morgan fingerprint density at radius 1 is 1.05 bits per heavy atom. The SMILES string of the molecule is CCN(C(=O)N(CC(N)=O)CC(N)=O)C(C)(C)C(=O)O. The molecule has 9 heteroatoms. The molecular formula is C11H20N4O5. The van der Waals surface area contributed by atoms with E-state index >= 15 is 0 Å². The summed E-state index contributed by atoms with van der Waals surface area (Å²) < 4.78 is 0. The summed E-state index contributed by atoms with van der Waals surface area (Å²) in [6.07, 6.45) is 0. The zero-order valence-corrected chi connectivity index (χ0v) is 11.8. The third-order valence-electron chi connectivity index (χ3n) is 2.71. The maximum Gasteiger partial charge on any atom is 0.329 e. The number of urea groups is 1. The van der Waals surface area contributed by atoms with Gasteiger partial charge in [-0.25, -0.2) is 9.59 Å². The van der Waals surface area contributed by atoms with Gasteiger partial charge in [0.25, 0.3) is 0 Å². The van der Waals surface area contributed by atoms with Gasteiger partial charge in [0.05, 0.1) is 0 Å². The first kappa shape index (κ1) is 17.7. The van der Waals surface area contributed by atoms with Crippen LogP contribution in [0.5, 0.6) is 0 Å². The number of likely N-dealkylation sites (N-methyl/N-ethyl adjacent to an activating group) is 1. The van der Waals surface area contributed by atoms with Crippen LogP contribution in [0.1, 0.15) is 20.8 Å². The molecule has 4 amide bonds. The van der Waals surface area contributed by atoms with E-state index in [4.69, 9.17) is 16.6 Å². The second-order valence-electron chi connectivity index (χ2n) is 4.68. The maximum absolute atomic E-state index is 12.3. The second kappa shape index (κ2) is 6.73. The molecule has 0 aromatic rings. The average molecular weight is 288 g/mol. The molecule has 9 nitrogen and oxygen atoms in total. The molecule has 0 spiro atoms. The Hall–Kier alpha value is -2.32. The van der Waals surface area contributed by atoms with Crippen molar-refractivity contribution in [2.75, 3.05) is 19.6 Å². The highest BCUT2D eigenvalue weighted by molar-refractivity contribution is 5.90. The van der Waals surface area contributed by atoms with E-state index in [1.165, 1.54) is 13.8 Å². The van der Waals surface area contributed by atoms with E-state index < -0.39 is 42.4 Å². The van der Waals surface area contributed by atoms with Crippen LogP contribution >= 0.6 is 0 Å². The highest BCUT2D eigenvalue weighted by atomic mass is 16.4. The number of rotatable bonds is 7. The predicted octanol–water partition coefficient (Wildman–Crippen LogP) is -1.44. The first-order chi connectivity index (χ1) is 9.03. The Morgan fingerprint density at radius 2 is 1.45 bits per heavy atom. The van der Waals surface area contributed by atoms with E-state index in [1.807, 2.05) is 0 Å². The van der Waals surface area contributed by atoms with E-state index in [2.05, 4.69) is 0 Å². The Balaban J connectivity index is 5.33. The number of hydrogen-bond acceptors (Lipinski definition) is 4. The van der Waals surface area contributed by atoms with Gasteiger partial charge in [-0.3, -0.25) is 9.59 Å². The van der Waals surface area contributed by atoms with Gasteiger partial charge >= 0.3 is 12.0 Å². The van der Waals surface area contributed by atoms with E-state index in [1.54, 1.807) is 6.92 Å². The molecule has 0 saturated heterocycles.